The third-order valence-electron chi connectivity index (χ3n) is 4.39. The summed E-state index contributed by atoms with van der Waals surface area (Å²) < 4.78 is 14.2. The summed E-state index contributed by atoms with van der Waals surface area (Å²) in [5.41, 5.74) is 2.96. The van der Waals surface area contributed by atoms with Crippen molar-refractivity contribution in [3.63, 3.8) is 0 Å². The number of thiophene rings is 1. The van der Waals surface area contributed by atoms with E-state index in [9.17, 15) is 4.39 Å². The minimum absolute atomic E-state index is 0.214. The van der Waals surface area contributed by atoms with Crippen LogP contribution < -0.4 is 5.32 Å². The van der Waals surface area contributed by atoms with Crippen molar-refractivity contribution in [1.82, 2.24) is 9.97 Å². The number of nitrogens with zero attached hydrogens (tertiary/aromatic N) is 2. The highest BCUT2D eigenvalue weighted by atomic mass is 32.1. The number of hydrogen-bond donors (Lipinski definition) is 1. The van der Waals surface area contributed by atoms with Crippen molar-refractivity contribution in [3.05, 3.63) is 78.4 Å². The van der Waals surface area contributed by atoms with Crippen LogP contribution in [0.15, 0.2) is 67.0 Å². The lowest BCUT2D eigenvalue weighted by atomic mass is 9.95. The SMILES string of the molecule is CC(C)(Cc1ccc(F)cc1)Nc1ncnc2cc(-c3ccccc3)sc12. The van der Waals surface area contributed by atoms with Crippen molar-refractivity contribution in [3.8, 4) is 10.4 Å². The smallest absolute Gasteiger partial charge is 0.147 e. The molecular formula is C22H20FN3S. The number of rotatable bonds is 5. The second kappa shape index (κ2) is 7.08. The number of nitrogens with one attached hydrogen (secondary N) is 1. The summed E-state index contributed by atoms with van der Waals surface area (Å²) >= 11 is 1.69. The molecule has 5 heteroatoms. The number of fused-ring (bicyclic) bond motifs is 1. The first-order valence-electron chi connectivity index (χ1n) is 8.83. The van der Waals surface area contributed by atoms with Crippen LogP contribution in [0.1, 0.15) is 19.4 Å². The van der Waals surface area contributed by atoms with Gasteiger partial charge in [-0.1, -0.05) is 42.5 Å². The van der Waals surface area contributed by atoms with Crippen LogP contribution in [0.5, 0.6) is 0 Å². The highest BCUT2D eigenvalue weighted by Crippen LogP contribution is 2.36. The number of anilines is 1. The fourth-order valence-electron chi connectivity index (χ4n) is 3.17. The van der Waals surface area contributed by atoms with E-state index in [1.54, 1.807) is 17.7 Å². The van der Waals surface area contributed by atoms with Gasteiger partial charge in [-0.3, -0.25) is 0 Å². The van der Waals surface area contributed by atoms with Crippen LogP contribution in [0, 0.1) is 5.82 Å². The maximum Gasteiger partial charge on any atom is 0.147 e. The summed E-state index contributed by atoms with van der Waals surface area (Å²) in [6.07, 6.45) is 2.36. The first-order valence-corrected chi connectivity index (χ1v) is 9.64. The summed E-state index contributed by atoms with van der Waals surface area (Å²) in [7, 11) is 0. The Morgan fingerprint density at radius 3 is 2.48 bits per heavy atom. The van der Waals surface area contributed by atoms with Gasteiger partial charge in [0.2, 0.25) is 0 Å². The summed E-state index contributed by atoms with van der Waals surface area (Å²) in [5, 5.41) is 3.55. The summed E-state index contributed by atoms with van der Waals surface area (Å²) in [4.78, 5) is 10.1. The Bertz CT molecular complexity index is 1060. The van der Waals surface area contributed by atoms with Crippen LogP contribution in [0.4, 0.5) is 10.2 Å². The topological polar surface area (TPSA) is 37.8 Å². The van der Waals surface area contributed by atoms with Gasteiger partial charge in [0.05, 0.1) is 10.2 Å². The standard InChI is InChI=1S/C22H20FN3S/c1-22(2,13-15-8-10-17(23)11-9-15)26-21-20-18(24-14-25-21)12-19(27-20)16-6-4-3-5-7-16/h3-12,14H,13H2,1-2H3,(H,24,25,26). The molecule has 0 spiro atoms. The third kappa shape index (κ3) is 3.98. The maximum absolute atomic E-state index is 13.2. The van der Waals surface area contributed by atoms with Crippen molar-refractivity contribution in [2.45, 2.75) is 25.8 Å². The number of hydrogen-bond acceptors (Lipinski definition) is 4. The van der Waals surface area contributed by atoms with Gasteiger partial charge in [-0.15, -0.1) is 11.3 Å². The quantitative estimate of drug-likeness (QED) is 0.468. The average Bonchev–Trinajstić information content (AvgIpc) is 3.09. The zero-order valence-corrected chi connectivity index (χ0v) is 16.1. The molecule has 0 unspecified atom stereocenters. The number of aromatic nitrogens is 2. The molecule has 0 radical (unpaired) electrons. The van der Waals surface area contributed by atoms with E-state index in [0.29, 0.717) is 0 Å². The molecule has 0 aliphatic rings. The molecule has 0 saturated carbocycles. The summed E-state index contributed by atoms with van der Waals surface area (Å²) in [6.45, 7) is 4.24. The predicted molar refractivity (Wildman–Crippen MR) is 111 cm³/mol. The Balaban J connectivity index is 1.63. The zero-order valence-electron chi connectivity index (χ0n) is 15.2. The molecule has 4 rings (SSSR count). The molecule has 0 saturated heterocycles. The highest BCUT2D eigenvalue weighted by Gasteiger charge is 2.21. The van der Waals surface area contributed by atoms with E-state index in [1.807, 2.05) is 30.3 Å². The monoisotopic (exact) mass is 377 g/mol. The Kier molecular flexibility index (Phi) is 4.62. The van der Waals surface area contributed by atoms with Gasteiger partial charge in [0, 0.05) is 10.4 Å². The van der Waals surface area contributed by atoms with E-state index in [-0.39, 0.29) is 11.4 Å². The van der Waals surface area contributed by atoms with Gasteiger partial charge in [0.25, 0.3) is 0 Å². The molecule has 0 fully saturated rings. The normalized spacial score (nSPS) is 11.7. The summed E-state index contributed by atoms with van der Waals surface area (Å²) in [5.74, 6) is 0.619. The Labute approximate surface area is 161 Å². The molecule has 0 aliphatic carbocycles. The fourth-order valence-corrected chi connectivity index (χ4v) is 4.23. The Morgan fingerprint density at radius 1 is 1.00 bits per heavy atom. The van der Waals surface area contributed by atoms with Crippen LogP contribution in [-0.2, 0) is 6.42 Å². The molecule has 136 valence electrons. The number of halogens is 1. The molecule has 4 aromatic rings. The fraction of sp³-hybridized carbons (Fsp3) is 0.182. The molecule has 3 nitrogen and oxygen atoms in total. The van der Waals surface area contributed by atoms with E-state index in [0.717, 1.165) is 28.0 Å². The van der Waals surface area contributed by atoms with Gasteiger partial charge >= 0.3 is 0 Å². The molecule has 2 aromatic carbocycles. The minimum Gasteiger partial charge on any atom is -0.364 e. The largest absolute Gasteiger partial charge is 0.364 e. The van der Waals surface area contributed by atoms with Crippen LogP contribution in [0.3, 0.4) is 0 Å². The first-order chi connectivity index (χ1) is 13.0. The van der Waals surface area contributed by atoms with Crippen molar-refractivity contribution in [2.75, 3.05) is 5.32 Å². The molecule has 2 aromatic heterocycles. The molecule has 27 heavy (non-hydrogen) atoms. The van der Waals surface area contributed by atoms with E-state index in [4.69, 9.17) is 0 Å². The lowest BCUT2D eigenvalue weighted by Gasteiger charge is -2.27. The summed E-state index contributed by atoms with van der Waals surface area (Å²) in [6, 6.07) is 19.1. The van der Waals surface area contributed by atoms with E-state index < -0.39 is 0 Å². The second-order valence-electron chi connectivity index (χ2n) is 7.23. The molecule has 0 atom stereocenters. The second-order valence-corrected chi connectivity index (χ2v) is 8.28. The van der Waals surface area contributed by atoms with Crippen LogP contribution in [0.25, 0.3) is 20.7 Å². The van der Waals surface area contributed by atoms with Gasteiger partial charge < -0.3 is 5.32 Å². The van der Waals surface area contributed by atoms with Gasteiger partial charge in [0.15, 0.2) is 0 Å². The molecule has 0 amide bonds. The van der Waals surface area contributed by atoms with E-state index >= 15 is 0 Å². The lowest BCUT2D eigenvalue weighted by Crippen LogP contribution is -2.33. The van der Waals surface area contributed by atoms with Crippen LogP contribution in [0.2, 0.25) is 0 Å². The van der Waals surface area contributed by atoms with Crippen LogP contribution in [-0.4, -0.2) is 15.5 Å². The Morgan fingerprint density at radius 2 is 1.74 bits per heavy atom. The first kappa shape index (κ1) is 17.6. The molecule has 0 bridgehead atoms. The van der Waals surface area contributed by atoms with Gasteiger partial charge in [-0.2, -0.15) is 0 Å². The van der Waals surface area contributed by atoms with Gasteiger partial charge in [-0.05, 0) is 49.6 Å². The molecular weight excluding hydrogens is 357 g/mol. The lowest BCUT2D eigenvalue weighted by molar-refractivity contribution is 0.560. The van der Waals surface area contributed by atoms with Crippen molar-refractivity contribution in [1.29, 1.82) is 0 Å². The molecule has 0 aliphatic heterocycles. The minimum atomic E-state index is -0.240. The average molecular weight is 377 g/mol. The van der Waals surface area contributed by atoms with Crippen molar-refractivity contribution in [2.24, 2.45) is 0 Å². The number of benzene rings is 2. The van der Waals surface area contributed by atoms with Gasteiger partial charge in [-0.25, -0.2) is 14.4 Å². The maximum atomic E-state index is 13.2. The van der Waals surface area contributed by atoms with E-state index in [2.05, 4.69) is 47.3 Å². The van der Waals surface area contributed by atoms with E-state index in [1.165, 1.54) is 22.6 Å². The van der Waals surface area contributed by atoms with Gasteiger partial charge in [0.1, 0.15) is 18.0 Å². The van der Waals surface area contributed by atoms with Crippen LogP contribution >= 0.6 is 11.3 Å². The molecule has 1 N–H and O–H groups in total. The Hall–Kier alpha value is -2.79. The molecule has 2 heterocycles. The highest BCUT2D eigenvalue weighted by molar-refractivity contribution is 7.22. The van der Waals surface area contributed by atoms with Crippen molar-refractivity contribution >= 4 is 27.4 Å². The predicted octanol–water partition coefficient (Wildman–Crippen LogP) is 5.93. The third-order valence-corrected chi connectivity index (χ3v) is 5.57. The zero-order chi connectivity index (χ0) is 18.9. The van der Waals surface area contributed by atoms with Crippen molar-refractivity contribution < 1.29 is 4.39 Å².